The van der Waals surface area contributed by atoms with Gasteiger partial charge in [-0.1, -0.05) is 12.1 Å². The van der Waals surface area contributed by atoms with E-state index in [1.54, 1.807) is 32.9 Å². The van der Waals surface area contributed by atoms with Crippen LogP contribution in [0.1, 0.15) is 31.4 Å². The average molecular weight is 364 g/mol. The summed E-state index contributed by atoms with van der Waals surface area (Å²) < 4.78 is 13.5. The zero-order valence-electron chi connectivity index (χ0n) is 14.8. The highest BCUT2D eigenvalue weighted by molar-refractivity contribution is 6.19. The van der Waals surface area contributed by atoms with Crippen molar-refractivity contribution < 1.29 is 29.0 Å². The van der Waals surface area contributed by atoms with E-state index >= 15 is 0 Å². The fraction of sp³-hybridized carbons (Fsp3) is 0.389. The number of halogens is 1. The summed E-state index contributed by atoms with van der Waals surface area (Å²) in [5, 5.41) is 20.9. The van der Waals surface area contributed by atoms with E-state index in [0.29, 0.717) is 11.1 Å². The molecule has 8 heteroatoms. The summed E-state index contributed by atoms with van der Waals surface area (Å²) in [5.74, 6) is -3.64. The van der Waals surface area contributed by atoms with E-state index in [0.717, 1.165) is 0 Å². The minimum atomic E-state index is -1.26. The molecule has 1 aromatic rings. The van der Waals surface area contributed by atoms with Crippen LogP contribution in [0, 0.1) is 12.7 Å². The number of aliphatic hydroxyl groups is 1. The molecule has 0 radical (unpaired) electrons. The number of hydrogen-bond acceptors (Lipinski definition) is 4. The van der Waals surface area contributed by atoms with Crippen molar-refractivity contribution in [3.05, 3.63) is 46.5 Å². The predicted octanol–water partition coefficient (Wildman–Crippen LogP) is 1.66. The Bertz CT molecular complexity index is 801. The summed E-state index contributed by atoms with van der Waals surface area (Å²) in [7, 11) is 0. The molecule has 0 aromatic heterocycles. The first-order valence-corrected chi connectivity index (χ1v) is 8.02. The third-order valence-electron chi connectivity index (χ3n) is 4.27. The molecule has 0 bridgehead atoms. The molecule has 2 rings (SSSR count). The first kappa shape index (κ1) is 19.4. The second-order valence-corrected chi connectivity index (χ2v) is 6.86. The van der Waals surface area contributed by atoms with E-state index in [-0.39, 0.29) is 24.5 Å². The minimum absolute atomic E-state index is 0.0364. The first-order chi connectivity index (χ1) is 12.0. The number of nitrogens with one attached hydrogen (secondary N) is 1. The minimum Gasteiger partial charge on any atom is -0.511 e. The average Bonchev–Trinajstić information content (AvgIpc) is 2.52. The molecule has 0 fully saturated rings. The Morgan fingerprint density at radius 3 is 2.58 bits per heavy atom. The number of aliphatic hydroxyl groups excluding tert-OH is 1. The molecule has 7 nitrogen and oxygen atoms in total. The highest BCUT2D eigenvalue weighted by Crippen LogP contribution is 2.33. The summed E-state index contributed by atoms with van der Waals surface area (Å²) in [4.78, 5) is 37.0. The number of aliphatic carboxylic acids is 1. The normalized spacial score (nSPS) is 16.6. The second-order valence-electron chi connectivity index (χ2n) is 6.86. The monoisotopic (exact) mass is 364 g/mol. The number of carbonyl (C=O) groups is 3. The number of nitrogens with zero attached hydrogens (tertiary/aromatic N) is 1. The third kappa shape index (κ3) is 4.01. The summed E-state index contributed by atoms with van der Waals surface area (Å²) in [5.41, 5.74) is -0.135. The molecule has 0 spiro atoms. The molecule has 0 aliphatic carbocycles. The topological polar surface area (TPSA) is 107 Å². The summed E-state index contributed by atoms with van der Waals surface area (Å²) in [6.45, 7) is 4.55. The maximum absolute atomic E-state index is 13.5. The molecule has 0 saturated carbocycles. The molecular formula is C18H21FN2O5. The van der Waals surface area contributed by atoms with Crippen LogP contribution in [0.2, 0.25) is 0 Å². The van der Waals surface area contributed by atoms with Gasteiger partial charge in [0.15, 0.2) is 0 Å². The second kappa shape index (κ2) is 7.15. The van der Waals surface area contributed by atoms with Gasteiger partial charge in [0.25, 0.3) is 11.8 Å². The van der Waals surface area contributed by atoms with Crippen LogP contribution in [0.25, 0.3) is 0 Å². The fourth-order valence-electron chi connectivity index (χ4n) is 2.87. The van der Waals surface area contributed by atoms with Crippen LogP contribution in [0.3, 0.4) is 0 Å². The van der Waals surface area contributed by atoms with Crippen molar-refractivity contribution in [1.82, 2.24) is 10.2 Å². The number of carbonyl (C=O) groups excluding carboxylic acids is 2. The first-order valence-electron chi connectivity index (χ1n) is 8.02. The molecular weight excluding hydrogens is 343 g/mol. The van der Waals surface area contributed by atoms with Crippen LogP contribution in [-0.2, 0) is 20.9 Å². The van der Waals surface area contributed by atoms with Crippen molar-refractivity contribution in [2.24, 2.45) is 0 Å². The van der Waals surface area contributed by atoms with Gasteiger partial charge in [0.05, 0.1) is 0 Å². The van der Waals surface area contributed by atoms with Gasteiger partial charge >= 0.3 is 5.97 Å². The molecule has 1 aromatic carbocycles. The van der Waals surface area contributed by atoms with Gasteiger partial charge in [-0.3, -0.25) is 14.4 Å². The van der Waals surface area contributed by atoms with Crippen molar-refractivity contribution in [3.63, 3.8) is 0 Å². The van der Waals surface area contributed by atoms with Crippen molar-refractivity contribution in [3.8, 4) is 0 Å². The van der Waals surface area contributed by atoms with Crippen LogP contribution < -0.4 is 5.32 Å². The predicted molar refractivity (Wildman–Crippen MR) is 90.7 cm³/mol. The van der Waals surface area contributed by atoms with Gasteiger partial charge in [-0.25, -0.2) is 4.39 Å². The van der Waals surface area contributed by atoms with Gasteiger partial charge in [-0.2, -0.15) is 0 Å². The zero-order valence-corrected chi connectivity index (χ0v) is 14.8. The molecule has 26 heavy (non-hydrogen) atoms. The van der Waals surface area contributed by atoms with Crippen LogP contribution in [0.4, 0.5) is 4.39 Å². The quantitative estimate of drug-likeness (QED) is 0.689. The Hall–Kier alpha value is -2.90. The van der Waals surface area contributed by atoms with Crippen molar-refractivity contribution in [2.75, 3.05) is 6.54 Å². The SMILES string of the molecule is Cc1cc(CN2C(=O)C(C(=O)NCC(=O)O)=C(O)CC2(C)C)ccc1F. The van der Waals surface area contributed by atoms with Crippen LogP contribution in [0.15, 0.2) is 29.5 Å². The Balaban J connectivity index is 2.31. The summed E-state index contributed by atoms with van der Waals surface area (Å²) in [6, 6.07) is 4.47. The van der Waals surface area contributed by atoms with E-state index in [2.05, 4.69) is 5.32 Å². The van der Waals surface area contributed by atoms with Gasteiger partial charge in [0.2, 0.25) is 0 Å². The molecule has 2 amide bonds. The van der Waals surface area contributed by atoms with Crippen molar-refractivity contribution in [1.29, 1.82) is 0 Å². The number of carboxylic acid groups (broad SMARTS) is 1. The summed E-state index contributed by atoms with van der Waals surface area (Å²) >= 11 is 0. The lowest BCUT2D eigenvalue weighted by Gasteiger charge is -2.42. The van der Waals surface area contributed by atoms with E-state index < -0.39 is 35.4 Å². The van der Waals surface area contributed by atoms with Gasteiger partial charge < -0.3 is 20.4 Å². The Kier molecular flexibility index (Phi) is 5.34. The number of rotatable bonds is 5. The third-order valence-corrected chi connectivity index (χ3v) is 4.27. The zero-order chi connectivity index (χ0) is 19.6. The summed E-state index contributed by atoms with van der Waals surface area (Å²) in [6.07, 6.45) is 0.0364. The number of amides is 2. The molecule has 0 unspecified atom stereocenters. The van der Waals surface area contributed by atoms with Gasteiger partial charge in [-0.05, 0) is 38.0 Å². The molecule has 3 N–H and O–H groups in total. The Morgan fingerprint density at radius 1 is 1.35 bits per heavy atom. The van der Waals surface area contributed by atoms with Gasteiger partial charge in [0, 0.05) is 18.5 Å². The molecule has 0 saturated heterocycles. The molecule has 1 aliphatic rings. The van der Waals surface area contributed by atoms with Crippen LogP contribution in [0.5, 0.6) is 0 Å². The van der Waals surface area contributed by atoms with Gasteiger partial charge in [-0.15, -0.1) is 0 Å². The molecule has 0 atom stereocenters. The van der Waals surface area contributed by atoms with Crippen LogP contribution in [-0.4, -0.2) is 45.0 Å². The van der Waals surface area contributed by atoms with Crippen LogP contribution >= 0.6 is 0 Å². The Morgan fingerprint density at radius 2 is 2.00 bits per heavy atom. The van der Waals surface area contributed by atoms with E-state index in [9.17, 15) is 23.9 Å². The maximum atomic E-state index is 13.5. The lowest BCUT2D eigenvalue weighted by molar-refractivity contribution is -0.140. The highest BCUT2D eigenvalue weighted by atomic mass is 19.1. The standard InChI is InChI=1S/C18H21FN2O5/c1-10-6-11(4-5-12(10)19)9-21-17(26)15(13(22)7-18(21,2)3)16(25)20-8-14(23)24/h4-6,22H,7-9H2,1-3H3,(H,20,25)(H,23,24). The number of benzene rings is 1. The molecule has 1 heterocycles. The number of aryl methyl sites for hydroxylation is 1. The smallest absolute Gasteiger partial charge is 0.322 e. The van der Waals surface area contributed by atoms with E-state index in [1.165, 1.54) is 11.0 Å². The molecule has 140 valence electrons. The fourth-order valence-corrected chi connectivity index (χ4v) is 2.87. The molecule has 1 aliphatic heterocycles. The number of hydrogen-bond donors (Lipinski definition) is 3. The Labute approximate surface area is 150 Å². The van der Waals surface area contributed by atoms with Crippen molar-refractivity contribution >= 4 is 17.8 Å². The van der Waals surface area contributed by atoms with Crippen molar-refractivity contribution in [2.45, 2.75) is 39.3 Å². The highest BCUT2D eigenvalue weighted by Gasteiger charge is 2.42. The van der Waals surface area contributed by atoms with E-state index in [1.807, 2.05) is 0 Å². The largest absolute Gasteiger partial charge is 0.511 e. The van der Waals surface area contributed by atoms with E-state index in [4.69, 9.17) is 5.11 Å². The lowest BCUT2D eigenvalue weighted by Crippen LogP contribution is -2.53. The number of carboxylic acids is 1. The lowest BCUT2D eigenvalue weighted by atomic mass is 9.88. The maximum Gasteiger partial charge on any atom is 0.322 e. The van der Waals surface area contributed by atoms with Gasteiger partial charge in [0.1, 0.15) is 23.7 Å².